The van der Waals surface area contributed by atoms with Crippen LogP contribution in [0.25, 0.3) is 22.6 Å². The Kier molecular flexibility index (Phi) is 5.14. The van der Waals surface area contributed by atoms with E-state index in [2.05, 4.69) is 37.7 Å². The molecule has 3 aromatic rings. The molecule has 3 heterocycles. The monoisotopic (exact) mass is 377 g/mol. The molecule has 7 heteroatoms. The standard InChI is InChI=1S/C21H20FN5O/c22-16-5-3-15(4-6-16)19-26-18-17(9-13-24-20(18)27-19)21(28)25-10-1-2-14-7-11-23-12-8-14/h3-9,11,13,23H,1-2,10,12H2,(H,25,28)(H,24,26,27). The number of halogens is 1. The lowest BCUT2D eigenvalue weighted by Gasteiger charge is -2.09. The summed E-state index contributed by atoms with van der Waals surface area (Å²) in [5.41, 5.74) is 3.53. The summed E-state index contributed by atoms with van der Waals surface area (Å²) in [5.74, 6) is 0.0673. The molecule has 0 unspecified atom stereocenters. The molecular weight excluding hydrogens is 357 g/mol. The fraction of sp³-hybridized carbons (Fsp3) is 0.190. The van der Waals surface area contributed by atoms with Crippen LogP contribution >= 0.6 is 0 Å². The first kappa shape index (κ1) is 17.9. The number of nitrogens with one attached hydrogen (secondary N) is 3. The molecule has 1 aliphatic heterocycles. The normalized spacial score (nSPS) is 13.2. The van der Waals surface area contributed by atoms with E-state index < -0.39 is 0 Å². The third kappa shape index (κ3) is 3.93. The summed E-state index contributed by atoms with van der Waals surface area (Å²) in [6, 6.07) is 7.68. The van der Waals surface area contributed by atoms with Gasteiger partial charge in [0, 0.05) is 24.8 Å². The molecule has 3 N–H and O–H groups in total. The predicted octanol–water partition coefficient (Wildman–Crippen LogP) is 3.32. The van der Waals surface area contributed by atoms with Gasteiger partial charge in [-0.2, -0.15) is 0 Å². The Labute approximate surface area is 161 Å². The van der Waals surface area contributed by atoms with E-state index in [1.54, 1.807) is 24.4 Å². The summed E-state index contributed by atoms with van der Waals surface area (Å²) in [4.78, 5) is 24.4. The number of aromatic amines is 1. The first-order valence-electron chi connectivity index (χ1n) is 9.18. The third-order valence-electron chi connectivity index (χ3n) is 4.58. The highest BCUT2D eigenvalue weighted by molar-refractivity contribution is 6.04. The van der Waals surface area contributed by atoms with Crippen LogP contribution in [-0.4, -0.2) is 33.9 Å². The number of carbonyl (C=O) groups is 1. The zero-order chi connectivity index (χ0) is 19.3. The first-order chi connectivity index (χ1) is 13.7. The maximum Gasteiger partial charge on any atom is 0.253 e. The number of amides is 1. The van der Waals surface area contributed by atoms with Gasteiger partial charge in [-0.25, -0.2) is 14.4 Å². The molecule has 0 spiro atoms. The lowest BCUT2D eigenvalue weighted by molar-refractivity contribution is 0.0954. The Balaban J connectivity index is 1.45. The molecule has 2 aromatic heterocycles. The van der Waals surface area contributed by atoms with Crippen LogP contribution in [0.5, 0.6) is 0 Å². The van der Waals surface area contributed by atoms with Crippen molar-refractivity contribution in [3.05, 3.63) is 71.8 Å². The minimum absolute atomic E-state index is 0.170. The Morgan fingerprint density at radius 2 is 2.07 bits per heavy atom. The second-order valence-electron chi connectivity index (χ2n) is 6.53. The molecule has 1 aliphatic rings. The number of H-pyrrole nitrogens is 1. The van der Waals surface area contributed by atoms with Crippen molar-refractivity contribution in [2.24, 2.45) is 0 Å². The number of fused-ring (bicyclic) bond motifs is 1. The molecule has 28 heavy (non-hydrogen) atoms. The van der Waals surface area contributed by atoms with E-state index in [0.717, 1.165) is 24.9 Å². The van der Waals surface area contributed by atoms with Crippen molar-refractivity contribution in [1.29, 1.82) is 0 Å². The predicted molar refractivity (Wildman–Crippen MR) is 106 cm³/mol. The van der Waals surface area contributed by atoms with E-state index >= 15 is 0 Å². The van der Waals surface area contributed by atoms with Gasteiger partial charge in [-0.3, -0.25) is 4.79 Å². The fourth-order valence-corrected chi connectivity index (χ4v) is 3.11. The van der Waals surface area contributed by atoms with E-state index in [1.807, 2.05) is 6.20 Å². The largest absolute Gasteiger partial charge is 0.387 e. The van der Waals surface area contributed by atoms with Crippen molar-refractivity contribution in [3.63, 3.8) is 0 Å². The lowest BCUT2D eigenvalue weighted by Crippen LogP contribution is -2.25. The average molecular weight is 377 g/mol. The highest BCUT2D eigenvalue weighted by Crippen LogP contribution is 2.22. The van der Waals surface area contributed by atoms with Crippen LogP contribution in [0.3, 0.4) is 0 Å². The number of imidazole rings is 1. The SMILES string of the molecule is O=C(NCCCC1=CCNC=C1)c1ccnc2nc(-c3ccc(F)cc3)[nH]c12. The maximum absolute atomic E-state index is 13.1. The van der Waals surface area contributed by atoms with Gasteiger partial charge in [0.25, 0.3) is 5.91 Å². The Morgan fingerprint density at radius 1 is 1.21 bits per heavy atom. The highest BCUT2D eigenvalue weighted by atomic mass is 19.1. The number of allylic oxidation sites excluding steroid dienone is 2. The number of hydrogen-bond acceptors (Lipinski definition) is 4. The summed E-state index contributed by atoms with van der Waals surface area (Å²) in [7, 11) is 0. The Hall–Kier alpha value is -3.48. The molecule has 0 atom stereocenters. The second kappa shape index (κ2) is 8.04. The van der Waals surface area contributed by atoms with Crippen molar-refractivity contribution in [1.82, 2.24) is 25.6 Å². The van der Waals surface area contributed by atoms with Crippen molar-refractivity contribution in [3.8, 4) is 11.4 Å². The molecule has 4 rings (SSSR count). The van der Waals surface area contributed by atoms with Crippen molar-refractivity contribution in [2.75, 3.05) is 13.1 Å². The summed E-state index contributed by atoms with van der Waals surface area (Å²) >= 11 is 0. The number of aromatic nitrogens is 3. The summed E-state index contributed by atoms with van der Waals surface area (Å²) < 4.78 is 13.1. The second-order valence-corrected chi connectivity index (χ2v) is 6.53. The van der Waals surface area contributed by atoms with Crippen molar-refractivity contribution >= 4 is 17.1 Å². The van der Waals surface area contributed by atoms with Crippen molar-refractivity contribution in [2.45, 2.75) is 12.8 Å². The summed E-state index contributed by atoms with van der Waals surface area (Å²) in [5, 5.41) is 6.07. The Morgan fingerprint density at radius 3 is 2.86 bits per heavy atom. The smallest absolute Gasteiger partial charge is 0.253 e. The first-order valence-corrected chi connectivity index (χ1v) is 9.18. The molecule has 1 amide bonds. The van der Waals surface area contributed by atoms with Gasteiger partial charge in [0.2, 0.25) is 0 Å². The van der Waals surface area contributed by atoms with Crippen LogP contribution in [0.1, 0.15) is 23.2 Å². The summed E-state index contributed by atoms with van der Waals surface area (Å²) in [6.07, 6.45) is 9.49. The fourth-order valence-electron chi connectivity index (χ4n) is 3.11. The molecule has 1 aromatic carbocycles. The Bertz CT molecular complexity index is 1050. The zero-order valence-corrected chi connectivity index (χ0v) is 15.2. The van der Waals surface area contributed by atoms with Gasteiger partial charge < -0.3 is 15.6 Å². The molecule has 6 nitrogen and oxygen atoms in total. The molecule has 0 aliphatic carbocycles. The van der Waals surface area contributed by atoms with Gasteiger partial charge in [0.15, 0.2) is 5.65 Å². The van der Waals surface area contributed by atoms with Crippen molar-refractivity contribution < 1.29 is 9.18 Å². The van der Waals surface area contributed by atoms with Gasteiger partial charge in [0.1, 0.15) is 11.6 Å². The van der Waals surface area contributed by atoms with E-state index in [0.29, 0.717) is 29.1 Å². The van der Waals surface area contributed by atoms with E-state index in [1.165, 1.54) is 17.7 Å². The van der Waals surface area contributed by atoms with Gasteiger partial charge >= 0.3 is 0 Å². The average Bonchev–Trinajstić information content (AvgIpc) is 3.16. The third-order valence-corrected chi connectivity index (χ3v) is 4.58. The molecule has 0 radical (unpaired) electrons. The van der Waals surface area contributed by atoms with Gasteiger partial charge in [0.05, 0.1) is 11.1 Å². The number of carbonyl (C=O) groups excluding carboxylic acids is 1. The molecule has 0 saturated carbocycles. The number of pyridine rings is 1. The maximum atomic E-state index is 13.1. The quantitative estimate of drug-likeness (QED) is 0.576. The topological polar surface area (TPSA) is 82.7 Å². The van der Waals surface area contributed by atoms with Gasteiger partial charge in [-0.15, -0.1) is 0 Å². The van der Waals surface area contributed by atoms with Crippen LogP contribution < -0.4 is 10.6 Å². The van der Waals surface area contributed by atoms with Gasteiger partial charge in [-0.05, 0) is 61.0 Å². The van der Waals surface area contributed by atoms with E-state index in [-0.39, 0.29) is 11.7 Å². The van der Waals surface area contributed by atoms with E-state index in [4.69, 9.17) is 0 Å². The molecule has 0 saturated heterocycles. The number of hydrogen-bond donors (Lipinski definition) is 3. The van der Waals surface area contributed by atoms with Crippen LogP contribution in [0.15, 0.2) is 60.5 Å². The zero-order valence-electron chi connectivity index (χ0n) is 15.2. The molecule has 0 fully saturated rings. The number of dihydropyridines is 1. The molecular formula is C21H20FN5O. The summed E-state index contributed by atoms with van der Waals surface area (Å²) in [6.45, 7) is 1.43. The molecule has 0 bridgehead atoms. The van der Waals surface area contributed by atoms with Crippen LogP contribution in [0.4, 0.5) is 4.39 Å². The highest BCUT2D eigenvalue weighted by Gasteiger charge is 2.15. The number of nitrogens with zero attached hydrogens (tertiary/aromatic N) is 2. The van der Waals surface area contributed by atoms with Gasteiger partial charge in [-0.1, -0.05) is 6.08 Å². The minimum atomic E-state index is -0.311. The van der Waals surface area contributed by atoms with Crippen LogP contribution in [-0.2, 0) is 0 Å². The van der Waals surface area contributed by atoms with Crippen LogP contribution in [0, 0.1) is 5.82 Å². The molecule has 142 valence electrons. The van der Waals surface area contributed by atoms with E-state index in [9.17, 15) is 9.18 Å². The lowest BCUT2D eigenvalue weighted by atomic mass is 10.1. The number of benzene rings is 1. The number of rotatable bonds is 6. The van der Waals surface area contributed by atoms with Crippen LogP contribution in [0.2, 0.25) is 0 Å². The minimum Gasteiger partial charge on any atom is -0.387 e.